The SMILES string of the molecule is c1ccc(-c2cc(-c3cccc(-c4cc5c6ccccc6oc5c5c4sc4ccccc45)c3)nc3ccc4ccccc4c23)cc1. The molecule has 46 heavy (non-hydrogen) atoms. The summed E-state index contributed by atoms with van der Waals surface area (Å²) in [6.07, 6.45) is 0. The van der Waals surface area contributed by atoms with Gasteiger partial charge >= 0.3 is 0 Å². The fourth-order valence-corrected chi connectivity index (χ4v) is 8.36. The van der Waals surface area contributed by atoms with Gasteiger partial charge < -0.3 is 4.42 Å². The molecule has 0 aliphatic rings. The van der Waals surface area contributed by atoms with Gasteiger partial charge in [0.25, 0.3) is 0 Å². The predicted octanol–water partition coefficient (Wildman–Crippen LogP) is 12.7. The topological polar surface area (TPSA) is 26.0 Å². The van der Waals surface area contributed by atoms with E-state index in [1.165, 1.54) is 58.6 Å². The Balaban J connectivity index is 1.24. The molecule has 0 atom stereocenters. The Labute approximate surface area is 268 Å². The van der Waals surface area contributed by atoms with Gasteiger partial charge in [0.05, 0.1) is 11.2 Å². The second kappa shape index (κ2) is 9.87. The van der Waals surface area contributed by atoms with Crippen molar-refractivity contribution in [1.29, 1.82) is 0 Å². The largest absolute Gasteiger partial charge is 0.455 e. The Hall–Kier alpha value is -5.77. The van der Waals surface area contributed by atoms with Crippen molar-refractivity contribution in [2.75, 3.05) is 0 Å². The van der Waals surface area contributed by atoms with Gasteiger partial charge in [0.15, 0.2) is 0 Å². The van der Waals surface area contributed by atoms with Crippen LogP contribution in [0.5, 0.6) is 0 Å². The Morgan fingerprint density at radius 1 is 0.478 bits per heavy atom. The molecule has 3 heteroatoms. The zero-order chi connectivity index (χ0) is 30.2. The fourth-order valence-electron chi connectivity index (χ4n) is 7.13. The molecule has 10 rings (SSSR count). The molecule has 0 aliphatic heterocycles. The van der Waals surface area contributed by atoms with Crippen LogP contribution in [0.15, 0.2) is 156 Å². The van der Waals surface area contributed by atoms with Gasteiger partial charge in [0, 0.05) is 47.5 Å². The molecule has 2 nitrogen and oxygen atoms in total. The first-order valence-corrected chi connectivity index (χ1v) is 16.4. The number of fused-ring (bicyclic) bond motifs is 10. The monoisotopic (exact) mass is 603 g/mol. The van der Waals surface area contributed by atoms with Gasteiger partial charge in [-0.2, -0.15) is 0 Å². The molecule has 0 fully saturated rings. The van der Waals surface area contributed by atoms with Crippen LogP contribution in [-0.2, 0) is 0 Å². The number of hydrogen-bond donors (Lipinski definition) is 0. The first kappa shape index (κ1) is 25.5. The second-order valence-electron chi connectivity index (χ2n) is 11.9. The first-order chi connectivity index (χ1) is 22.8. The summed E-state index contributed by atoms with van der Waals surface area (Å²) in [5, 5.41) is 8.35. The van der Waals surface area contributed by atoms with Crippen molar-refractivity contribution in [3.05, 3.63) is 152 Å². The van der Waals surface area contributed by atoms with E-state index < -0.39 is 0 Å². The third-order valence-electron chi connectivity index (χ3n) is 9.24. The number of para-hydroxylation sites is 1. The molecule has 3 heterocycles. The van der Waals surface area contributed by atoms with Crippen LogP contribution in [0.25, 0.3) is 97.3 Å². The molecule has 7 aromatic carbocycles. The highest BCUT2D eigenvalue weighted by Gasteiger charge is 2.20. The van der Waals surface area contributed by atoms with Crippen LogP contribution < -0.4 is 0 Å². The number of aromatic nitrogens is 1. The summed E-state index contributed by atoms with van der Waals surface area (Å²) >= 11 is 1.84. The lowest BCUT2D eigenvalue weighted by Crippen LogP contribution is -1.92. The van der Waals surface area contributed by atoms with Crippen molar-refractivity contribution in [2.24, 2.45) is 0 Å². The van der Waals surface area contributed by atoms with Crippen LogP contribution in [-0.4, -0.2) is 4.98 Å². The van der Waals surface area contributed by atoms with Gasteiger partial charge in [-0.25, -0.2) is 4.98 Å². The molecule has 0 radical (unpaired) electrons. The maximum atomic E-state index is 6.54. The molecule has 0 aliphatic carbocycles. The summed E-state index contributed by atoms with van der Waals surface area (Å²) in [5.74, 6) is 0. The third-order valence-corrected chi connectivity index (χ3v) is 10.4. The standard InChI is InChI=1S/C43H25NOS/c1-2-11-26(12-3-1)33-25-37(44-36-22-21-27-13-4-5-16-30(27)40(33)36)29-15-10-14-28(23-29)34-24-35-31-17-6-8-19-38(31)45-42(35)41-32-18-7-9-20-39(32)46-43(34)41/h1-25H. The highest BCUT2D eigenvalue weighted by Crippen LogP contribution is 2.47. The molecule has 0 amide bonds. The minimum atomic E-state index is 0.918. The highest BCUT2D eigenvalue weighted by molar-refractivity contribution is 7.26. The Morgan fingerprint density at radius 2 is 1.22 bits per heavy atom. The number of hydrogen-bond acceptors (Lipinski definition) is 3. The summed E-state index contributed by atoms with van der Waals surface area (Å²) in [4.78, 5) is 5.28. The summed E-state index contributed by atoms with van der Waals surface area (Å²) in [6.45, 7) is 0. The zero-order valence-electron chi connectivity index (χ0n) is 24.7. The molecule has 0 saturated carbocycles. The number of nitrogens with zero attached hydrogens (tertiary/aromatic N) is 1. The summed E-state index contributed by atoms with van der Waals surface area (Å²) in [5.41, 5.74) is 9.70. The number of thiophene rings is 1. The van der Waals surface area contributed by atoms with E-state index in [9.17, 15) is 0 Å². The van der Waals surface area contributed by atoms with E-state index in [0.29, 0.717) is 0 Å². The van der Waals surface area contributed by atoms with Crippen molar-refractivity contribution in [2.45, 2.75) is 0 Å². The van der Waals surface area contributed by atoms with Crippen LogP contribution in [0, 0.1) is 0 Å². The van der Waals surface area contributed by atoms with Crippen molar-refractivity contribution in [3.63, 3.8) is 0 Å². The Morgan fingerprint density at radius 3 is 2.13 bits per heavy atom. The van der Waals surface area contributed by atoms with E-state index in [4.69, 9.17) is 9.40 Å². The molecule has 0 N–H and O–H groups in total. The molecular weight excluding hydrogens is 579 g/mol. The van der Waals surface area contributed by atoms with E-state index in [0.717, 1.165) is 38.7 Å². The number of pyridine rings is 1. The average molecular weight is 604 g/mol. The normalized spacial score (nSPS) is 11.9. The maximum Gasteiger partial charge on any atom is 0.144 e. The van der Waals surface area contributed by atoms with Gasteiger partial charge in [-0.3, -0.25) is 0 Å². The molecule has 0 bridgehead atoms. The molecule has 214 valence electrons. The van der Waals surface area contributed by atoms with Crippen LogP contribution in [0.2, 0.25) is 0 Å². The number of furan rings is 1. The quantitative estimate of drug-likeness (QED) is 0.188. The van der Waals surface area contributed by atoms with Crippen molar-refractivity contribution in [3.8, 4) is 33.5 Å². The van der Waals surface area contributed by atoms with E-state index in [1.54, 1.807) is 0 Å². The van der Waals surface area contributed by atoms with Crippen LogP contribution >= 0.6 is 11.3 Å². The molecule has 0 spiro atoms. The van der Waals surface area contributed by atoms with E-state index in [-0.39, 0.29) is 0 Å². The summed E-state index contributed by atoms with van der Waals surface area (Å²) in [6, 6.07) is 54.1. The summed E-state index contributed by atoms with van der Waals surface area (Å²) in [7, 11) is 0. The minimum absolute atomic E-state index is 0.918. The molecule has 10 aromatic rings. The Kier molecular flexibility index (Phi) is 5.48. The van der Waals surface area contributed by atoms with E-state index in [2.05, 4.69) is 146 Å². The molecule has 3 aromatic heterocycles. The first-order valence-electron chi connectivity index (χ1n) is 15.5. The van der Waals surface area contributed by atoms with Crippen LogP contribution in [0.1, 0.15) is 0 Å². The van der Waals surface area contributed by atoms with Crippen molar-refractivity contribution < 1.29 is 4.42 Å². The molecule has 0 unspecified atom stereocenters. The smallest absolute Gasteiger partial charge is 0.144 e. The van der Waals surface area contributed by atoms with Crippen LogP contribution in [0.4, 0.5) is 0 Å². The zero-order valence-corrected chi connectivity index (χ0v) is 25.5. The van der Waals surface area contributed by atoms with E-state index in [1.807, 2.05) is 17.4 Å². The maximum absolute atomic E-state index is 6.54. The van der Waals surface area contributed by atoms with Gasteiger partial charge in [-0.15, -0.1) is 11.3 Å². The Bertz CT molecular complexity index is 2810. The van der Waals surface area contributed by atoms with Gasteiger partial charge in [-0.05, 0) is 63.9 Å². The fraction of sp³-hybridized carbons (Fsp3) is 0. The lowest BCUT2D eigenvalue weighted by atomic mass is 9.93. The lowest BCUT2D eigenvalue weighted by molar-refractivity contribution is 0.673. The molecular formula is C43H25NOS. The van der Waals surface area contributed by atoms with Gasteiger partial charge in [-0.1, -0.05) is 115 Å². The van der Waals surface area contributed by atoms with E-state index >= 15 is 0 Å². The summed E-state index contributed by atoms with van der Waals surface area (Å²) < 4.78 is 9.05. The van der Waals surface area contributed by atoms with Crippen LogP contribution in [0.3, 0.4) is 0 Å². The van der Waals surface area contributed by atoms with Gasteiger partial charge in [0.1, 0.15) is 11.2 Å². The highest BCUT2D eigenvalue weighted by atomic mass is 32.1. The predicted molar refractivity (Wildman–Crippen MR) is 196 cm³/mol. The lowest BCUT2D eigenvalue weighted by Gasteiger charge is -2.14. The second-order valence-corrected chi connectivity index (χ2v) is 12.9. The third kappa shape index (κ3) is 3.79. The minimum Gasteiger partial charge on any atom is -0.455 e. The van der Waals surface area contributed by atoms with Gasteiger partial charge in [0.2, 0.25) is 0 Å². The average Bonchev–Trinajstić information content (AvgIpc) is 3.70. The molecule has 0 saturated heterocycles. The van der Waals surface area contributed by atoms with Crippen molar-refractivity contribution >= 4 is 75.1 Å². The number of benzene rings is 7. The van der Waals surface area contributed by atoms with Crippen molar-refractivity contribution in [1.82, 2.24) is 4.98 Å². The number of rotatable bonds is 3.